The van der Waals surface area contributed by atoms with E-state index in [4.69, 9.17) is 11.6 Å². The summed E-state index contributed by atoms with van der Waals surface area (Å²) in [6, 6.07) is 27.4. The van der Waals surface area contributed by atoms with Crippen LogP contribution in [0.2, 0.25) is 5.02 Å². The van der Waals surface area contributed by atoms with Gasteiger partial charge in [0.05, 0.1) is 17.1 Å². The second-order valence-electron chi connectivity index (χ2n) is 6.95. The number of hydrogen-bond acceptors (Lipinski definition) is 4. The van der Waals surface area contributed by atoms with Crippen molar-refractivity contribution in [3.63, 3.8) is 0 Å². The monoisotopic (exact) mass is 445 g/mol. The fourth-order valence-electron chi connectivity index (χ4n) is 3.00. The van der Waals surface area contributed by atoms with Gasteiger partial charge in [-0.25, -0.2) is 9.97 Å². The molecule has 4 nitrogen and oxygen atoms in total. The molecule has 6 heteroatoms. The van der Waals surface area contributed by atoms with Crippen LogP contribution in [0.3, 0.4) is 0 Å². The molecular formula is C25H20ClN3OS. The predicted molar refractivity (Wildman–Crippen MR) is 128 cm³/mol. The third kappa shape index (κ3) is 5.51. The summed E-state index contributed by atoms with van der Waals surface area (Å²) in [6.45, 7) is 1.92. The average Bonchev–Trinajstić information content (AvgIpc) is 2.81. The number of aryl methyl sites for hydroxylation is 1. The Morgan fingerprint density at radius 3 is 2.00 bits per heavy atom. The van der Waals surface area contributed by atoms with Crippen molar-refractivity contribution in [2.75, 3.05) is 11.1 Å². The zero-order chi connectivity index (χ0) is 21.6. The van der Waals surface area contributed by atoms with E-state index in [1.165, 1.54) is 11.8 Å². The SMILES string of the molecule is Cc1ccc(NC(=O)CSc2nc(-c3ccccc3)cc(-c3ccccc3)n2)cc1Cl. The summed E-state index contributed by atoms with van der Waals surface area (Å²) in [6.07, 6.45) is 0. The van der Waals surface area contributed by atoms with Gasteiger partial charge in [-0.3, -0.25) is 4.79 Å². The van der Waals surface area contributed by atoms with E-state index in [-0.39, 0.29) is 11.7 Å². The predicted octanol–water partition coefficient (Wildman–Crippen LogP) is 6.50. The highest BCUT2D eigenvalue weighted by Gasteiger charge is 2.11. The Morgan fingerprint density at radius 2 is 1.45 bits per heavy atom. The Hall–Kier alpha value is -3.15. The number of amides is 1. The van der Waals surface area contributed by atoms with Gasteiger partial charge in [0.1, 0.15) is 0 Å². The van der Waals surface area contributed by atoms with Crippen molar-refractivity contribution >= 4 is 35.0 Å². The van der Waals surface area contributed by atoms with Gasteiger partial charge < -0.3 is 5.32 Å². The van der Waals surface area contributed by atoms with Gasteiger partial charge in [-0.1, -0.05) is 90.1 Å². The summed E-state index contributed by atoms with van der Waals surface area (Å²) in [5, 5.41) is 4.05. The van der Waals surface area contributed by atoms with Gasteiger partial charge in [0.15, 0.2) is 5.16 Å². The number of anilines is 1. The molecule has 0 unspecified atom stereocenters. The molecule has 4 aromatic rings. The van der Waals surface area contributed by atoms with Crippen LogP contribution in [-0.4, -0.2) is 21.6 Å². The van der Waals surface area contributed by atoms with Gasteiger partial charge in [0.2, 0.25) is 5.91 Å². The summed E-state index contributed by atoms with van der Waals surface area (Å²) < 4.78 is 0. The maximum atomic E-state index is 12.5. The summed E-state index contributed by atoms with van der Waals surface area (Å²) in [5.41, 5.74) is 5.29. The van der Waals surface area contributed by atoms with Crippen LogP contribution >= 0.6 is 23.4 Å². The first kappa shape index (κ1) is 21.1. The number of benzene rings is 3. The highest BCUT2D eigenvalue weighted by molar-refractivity contribution is 7.99. The average molecular weight is 446 g/mol. The molecule has 4 rings (SSSR count). The second kappa shape index (κ2) is 9.77. The van der Waals surface area contributed by atoms with Crippen molar-refractivity contribution < 1.29 is 4.79 Å². The maximum absolute atomic E-state index is 12.5. The van der Waals surface area contributed by atoms with E-state index >= 15 is 0 Å². The fourth-order valence-corrected chi connectivity index (χ4v) is 3.84. The zero-order valence-electron chi connectivity index (χ0n) is 16.9. The number of halogens is 1. The molecular weight excluding hydrogens is 426 g/mol. The number of rotatable bonds is 6. The Bertz CT molecular complexity index is 1140. The molecule has 0 saturated heterocycles. The van der Waals surface area contributed by atoms with Crippen molar-refractivity contribution in [1.82, 2.24) is 9.97 Å². The molecule has 154 valence electrons. The Kier molecular flexibility index (Phi) is 6.65. The molecule has 0 radical (unpaired) electrons. The number of carbonyl (C=O) groups excluding carboxylic acids is 1. The largest absolute Gasteiger partial charge is 0.325 e. The standard InChI is InChI=1S/C25H20ClN3OS/c1-17-12-13-20(14-21(17)26)27-24(30)16-31-25-28-22(18-8-4-2-5-9-18)15-23(29-25)19-10-6-3-7-11-19/h2-15H,16H2,1H3,(H,27,30). The molecule has 1 heterocycles. The lowest BCUT2D eigenvalue weighted by atomic mass is 10.1. The molecule has 0 aliphatic rings. The van der Waals surface area contributed by atoms with Crippen molar-refractivity contribution in [3.8, 4) is 22.5 Å². The molecule has 3 aromatic carbocycles. The third-order valence-electron chi connectivity index (χ3n) is 4.63. The molecule has 0 bridgehead atoms. The molecule has 31 heavy (non-hydrogen) atoms. The first-order valence-corrected chi connectivity index (χ1v) is 11.1. The second-order valence-corrected chi connectivity index (χ2v) is 8.30. The van der Waals surface area contributed by atoms with Gasteiger partial charge in [-0.15, -0.1) is 0 Å². The molecule has 1 aromatic heterocycles. The number of nitrogens with zero attached hydrogens (tertiary/aromatic N) is 2. The lowest BCUT2D eigenvalue weighted by molar-refractivity contribution is -0.113. The van der Waals surface area contributed by atoms with Crippen LogP contribution in [0, 0.1) is 6.92 Å². The Labute approximate surface area is 190 Å². The molecule has 0 aliphatic heterocycles. The lowest BCUT2D eigenvalue weighted by Crippen LogP contribution is -2.14. The molecule has 0 aliphatic carbocycles. The zero-order valence-corrected chi connectivity index (χ0v) is 18.5. The number of nitrogens with one attached hydrogen (secondary N) is 1. The van der Waals surface area contributed by atoms with E-state index in [2.05, 4.69) is 15.3 Å². The third-order valence-corrected chi connectivity index (χ3v) is 5.89. The molecule has 1 N–H and O–H groups in total. The van der Waals surface area contributed by atoms with E-state index in [1.807, 2.05) is 85.8 Å². The quantitative estimate of drug-likeness (QED) is 0.271. The van der Waals surface area contributed by atoms with E-state index in [1.54, 1.807) is 6.07 Å². The van der Waals surface area contributed by atoms with Crippen LogP contribution in [0.15, 0.2) is 90.1 Å². The highest BCUT2D eigenvalue weighted by atomic mass is 35.5. The van der Waals surface area contributed by atoms with Crippen LogP contribution in [-0.2, 0) is 4.79 Å². The summed E-state index contributed by atoms with van der Waals surface area (Å²) in [7, 11) is 0. The summed E-state index contributed by atoms with van der Waals surface area (Å²) in [4.78, 5) is 21.8. The number of hydrogen-bond donors (Lipinski definition) is 1. The van der Waals surface area contributed by atoms with E-state index in [9.17, 15) is 4.79 Å². The molecule has 0 saturated carbocycles. The Balaban J connectivity index is 1.55. The molecule has 0 fully saturated rings. The minimum Gasteiger partial charge on any atom is -0.325 e. The minimum atomic E-state index is -0.139. The van der Waals surface area contributed by atoms with Crippen molar-refractivity contribution in [3.05, 3.63) is 95.5 Å². The van der Waals surface area contributed by atoms with Crippen molar-refractivity contribution in [2.45, 2.75) is 12.1 Å². The van der Waals surface area contributed by atoms with Crippen molar-refractivity contribution in [1.29, 1.82) is 0 Å². The van der Waals surface area contributed by atoms with Crippen LogP contribution < -0.4 is 5.32 Å². The van der Waals surface area contributed by atoms with E-state index in [0.717, 1.165) is 28.1 Å². The van der Waals surface area contributed by atoms with Gasteiger partial charge in [0.25, 0.3) is 0 Å². The smallest absolute Gasteiger partial charge is 0.234 e. The normalized spacial score (nSPS) is 10.6. The van der Waals surface area contributed by atoms with Crippen molar-refractivity contribution in [2.24, 2.45) is 0 Å². The number of carbonyl (C=O) groups is 1. The first-order chi connectivity index (χ1) is 15.1. The minimum absolute atomic E-state index is 0.139. The maximum Gasteiger partial charge on any atom is 0.234 e. The van der Waals surface area contributed by atoms with Crippen LogP contribution in [0.1, 0.15) is 5.56 Å². The van der Waals surface area contributed by atoms with Crippen LogP contribution in [0.25, 0.3) is 22.5 Å². The Morgan fingerprint density at radius 1 is 0.871 bits per heavy atom. The van der Waals surface area contributed by atoms with Crippen LogP contribution in [0.4, 0.5) is 5.69 Å². The summed E-state index contributed by atoms with van der Waals surface area (Å²) >= 11 is 7.45. The highest BCUT2D eigenvalue weighted by Crippen LogP contribution is 2.27. The number of aromatic nitrogens is 2. The van der Waals surface area contributed by atoms with Crippen LogP contribution in [0.5, 0.6) is 0 Å². The molecule has 0 spiro atoms. The van der Waals surface area contributed by atoms with Gasteiger partial charge in [-0.2, -0.15) is 0 Å². The lowest BCUT2D eigenvalue weighted by Gasteiger charge is -2.09. The van der Waals surface area contributed by atoms with Gasteiger partial charge in [0, 0.05) is 21.8 Å². The fraction of sp³-hybridized carbons (Fsp3) is 0.0800. The van der Waals surface area contributed by atoms with Gasteiger partial charge >= 0.3 is 0 Å². The van der Waals surface area contributed by atoms with Gasteiger partial charge in [-0.05, 0) is 30.7 Å². The summed E-state index contributed by atoms with van der Waals surface area (Å²) in [5.74, 6) is 0.0534. The topological polar surface area (TPSA) is 54.9 Å². The number of thioether (sulfide) groups is 1. The van der Waals surface area contributed by atoms with E-state index in [0.29, 0.717) is 15.9 Å². The molecule has 0 atom stereocenters. The molecule has 1 amide bonds. The first-order valence-electron chi connectivity index (χ1n) is 9.77. The van der Waals surface area contributed by atoms with E-state index < -0.39 is 0 Å².